The summed E-state index contributed by atoms with van der Waals surface area (Å²) in [6, 6.07) is 9.86. The molecule has 0 unspecified atom stereocenters. The first kappa shape index (κ1) is 13.9. The quantitative estimate of drug-likeness (QED) is 0.560. The minimum Gasteiger partial charge on any atom is -0.287 e. The first-order valence-electron chi connectivity index (χ1n) is 5.16. The van der Waals surface area contributed by atoms with Gasteiger partial charge in [-0.05, 0) is 5.56 Å². The molecule has 0 heterocycles. The summed E-state index contributed by atoms with van der Waals surface area (Å²) < 4.78 is 0. The fourth-order valence-electron chi connectivity index (χ4n) is 1.18. The van der Waals surface area contributed by atoms with Crippen LogP contribution in [0.5, 0.6) is 0 Å². The van der Waals surface area contributed by atoms with Crippen molar-refractivity contribution in [3.63, 3.8) is 0 Å². The molecule has 0 amide bonds. The average molecular weight is 275 g/mol. The summed E-state index contributed by atoms with van der Waals surface area (Å²) in [5, 5.41) is 0.248. The number of hydrogen-bond donors (Lipinski definition) is 0. The van der Waals surface area contributed by atoms with Gasteiger partial charge in [0.05, 0.1) is 0 Å². The molecule has 0 radical (unpaired) electrons. The third-order valence-corrected chi connectivity index (χ3v) is 4.44. The lowest BCUT2D eigenvalue weighted by atomic mass is 10.2. The van der Waals surface area contributed by atoms with Crippen molar-refractivity contribution in [3.05, 3.63) is 35.9 Å². The second-order valence-electron chi connectivity index (χ2n) is 3.18. The number of carbonyl (C=O) groups excluding carboxylic acids is 1. The lowest BCUT2D eigenvalue weighted by molar-refractivity contribution is -0.110. The standard InChI is InChI=1S/C12H15ClOS2/c13-6-7-15-8-9-16-12(14)10-11-4-2-1-3-5-11/h1-5H,6-10H2. The number of benzene rings is 1. The highest BCUT2D eigenvalue weighted by Gasteiger charge is 2.03. The zero-order valence-corrected chi connectivity index (χ0v) is 11.4. The Morgan fingerprint density at radius 2 is 1.88 bits per heavy atom. The predicted octanol–water partition coefficient (Wildman–Crippen LogP) is 3.46. The van der Waals surface area contributed by atoms with Gasteiger partial charge in [-0.2, -0.15) is 11.8 Å². The van der Waals surface area contributed by atoms with E-state index in [-0.39, 0.29) is 5.12 Å². The van der Waals surface area contributed by atoms with Crippen LogP contribution in [-0.2, 0) is 11.2 Å². The van der Waals surface area contributed by atoms with E-state index in [1.807, 2.05) is 30.3 Å². The molecular weight excluding hydrogens is 260 g/mol. The van der Waals surface area contributed by atoms with E-state index < -0.39 is 0 Å². The molecule has 1 aromatic carbocycles. The van der Waals surface area contributed by atoms with Crippen LogP contribution in [0.25, 0.3) is 0 Å². The topological polar surface area (TPSA) is 17.1 Å². The second kappa shape index (κ2) is 8.97. The Bertz CT molecular complexity index is 303. The fourth-order valence-corrected chi connectivity index (χ4v) is 3.13. The van der Waals surface area contributed by atoms with E-state index in [9.17, 15) is 4.79 Å². The lowest BCUT2D eigenvalue weighted by Crippen LogP contribution is -2.00. The van der Waals surface area contributed by atoms with Crippen molar-refractivity contribution >= 4 is 40.2 Å². The highest BCUT2D eigenvalue weighted by molar-refractivity contribution is 8.14. The Kier molecular flexibility index (Phi) is 7.81. The normalized spacial score (nSPS) is 10.3. The van der Waals surface area contributed by atoms with Crippen molar-refractivity contribution in [2.75, 3.05) is 23.1 Å². The van der Waals surface area contributed by atoms with Gasteiger partial charge in [-0.1, -0.05) is 42.1 Å². The maximum Gasteiger partial charge on any atom is 0.193 e. The van der Waals surface area contributed by atoms with Crippen LogP contribution in [0.1, 0.15) is 5.56 Å². The van der Waals surface area contributed by atoms with Gasteiger partial charge in [-0.25, -0.2) is 0 Å². The highest BCUT2D eigenvalue weighted by atomic mass is 35.5. The zero-order chi connectivity index (χ0) is 11.6. The molecule has 16 heavy (non-hydrogen) atoms. The van der Waals surface area contributed by atoms with E-state index >= 15 is 0 Å². The molecule has 0 saturated carbocycles. The van der Waals surface area contributed by atoms with Gasteiger partial charge in [0.25, 0.3) is 0 Å². The van der Waals surface area contributed by atoms with E-state index in [4.69, 9.17) is 11.6 Å². The van der Waals surface area contributed by atoms with Crippen LogP contribution in [0.2, 0.25) is 0 Å². The molecule has 0 atom stereocenters. The van der Waals surface area contributed by atoms with Crippen LogP contribution in [-0.4, -0.2) is 28.3 Å². The number of halogens is 1. The van der Waals surface area contributed by atoms with Gasteiger partial charge in [0.2, 0.25) is 0 Å². The number of rotatable bonds is 7. The third kappa shape index (κ3) is 6.46. The van der Waals surface area contributed by atoms with Crippen molar-refractivity contribution < 1.29 is 4.79 Å². The molecule has 88 valence electrons. The highest BCUT2D eigenvalue weighted by Crippen LogP contribution is 2.11. The van der Waals surface area contributed by atoms with Crippen LogP contribution < -0.4 is 0 Å². The van der Waals surface area contributed by atoms with Crippen LogP contribution in [0.15, 0.2) is 30.3 Å². The molecule has 4 heteroatoms. The zero-order valence-electron chi connectivity index (χ0n) is 9.02. The van der Waals surface area contributed by atoms with Gasteiger partial charge in [0.15, 0.2) is 5.12 Å². The molecule has 0 N–H and O–H groups in total. The summed E-state index contributed by atoms with van der Waals surface area (Å²) in [6.45, 7) is 0. The summed E-state index contributed by atoms with van der Waals surface area (Å²) in [6.07, 6.45) is 0.533. The molecule has 0 saturated heterocycles. The molecule has 1 aromatic rings. The van der Waals surface area contributed by atoms with Gasteiger partial charge >= 0.3 is 0 Å². The molecule has 1 nitrogen and oxygen atoms in total. The van der Waals surface area contributed by atoms with E-state index in [0.29, 0.717) is 12.3 Å². The monoisotopic (exact) mass is 274 g/mol. The second-order valence-corrected chi connectivity index (χ2v) is 5.94. The smallest absolute Gasteiger partial charge is 0.193 e. The van der Waals surface area contributed by atoms with Gasteiger partial charge < -0.3 is 0 Å². The van der Waals surface area contributed by atoms with Gasteiger partial charge in [-0.3, -0.25) is 4.79 Å². The van der Waals surface area contributed by atoms with Crippen molar-refractivity contribution in [3.8, 4) is 0 Å². The van der Waals surface area contributed by atoms with Gasteiger partial charge in [0, 0.05) is 29.6 Å². The van der Waals surface area contributed by atoms with Crippen LogP contribution >= 0.6 is 35.1 Å². The predicted molar refractivity (Wildman–Crippen MR) is 75.7 cm³/mol. The molecular formula is C12H15ClOS2. The van der Waals surface area contributed by atoms with E-state index in [1.165, 1.54) is 11.8 Å². The molecule has 0 spiro atoms. The van der Waals surface area contributed by atoms with Crippen molar-refractivity contribution in [2.45, 2.75) is 6.42 Å². The van der Waals surface area contributed by atoms with E-state index in [1.54, 1.807) is 11.8 Å². The van der Waals surface area contributed by atoms with Crippen LogP contribution in [0, 0.1) is 0 Å². The maximum atomic E-state index is 11.6. The fraction of sp³-hybridized carbons (Fsp3) is 0.417. The van der Waals surface area contributed by atoms with E-state index in [2.05, 4.69) is 0 Å². The summed E-state index contributed by atoms with van der Waals surface area (Å²) in [5.74, 6) is 3.54. The SMILES string of the molecule is O=C(Cc1ccccc1)SCCSCCCl. The molecule has 0 aliphatic heterocycles. The molecule has 0 aliphatic carbocycles. The average Bonchev–Trinajstić information content (AvgIpc) is 2.30. The Balaban J connectivity index is 2.12. The minimum atomic E-state index is 0.248. The van der Waals surface area contributed by atoms with Gasteiger partial charge in [0.1, 0.15) is 0 Å². The molecule has 0 aromatic heterocycles. The van der Waals surface area contributed by atoms with E-state index in [0.717, 1.165) is 22.8 Å². The van der Waals surface area contributed by atoms with Crippen molar-refractivity contribution in [1.29, 1.82) is 0 Å². The Hall–Kier alpha value is -0.120. The molecule has 0 aliphatic rings. The van der Waals surface area contributed by atoms with Crippen molar-refractivity contribution in [1.82, 2.24) is 0 Å². The Labute approximate surface area is 110 Å². The number of alkyl halides is 1. The maximum absolute atomic E-state index is 11.6. The molecule has 0 fully saturated rings. The van der Waals surface area contributed by atoms with Crippen molar-refractivity contribution in [2.24, 2.45) is 0 Å². The summed E-state index contributed by atoms with van der Waals surface area (Å²) in [7, 11) is 0. The minimum absolute atomic E-state index is 0.248. The van der Waals surface area contributed by atoms with Gasteiger partial charge in [-0.15, -0.1) is 11.6 Å². The number of carbonyl (C=O) groups is 1. The first-order chi connectivity index (χ1) is 7.83. The first-order valence-corrected chi connectivity index (χ1v) is 7.83. The van der Waals surface area contributed by atoms with Crippen LogP contribution in [0.4, 0.5) is 0 Å². The summed E-state index contributed by atoms with van der Waals surface area (Å²) in [5.41, 5.74) is 1.09. The Morgan fingerprint density at radius 3 is 2.56 bits per heavy atom. The number of hydrogen-bond acceptors (Lipinski definition) is 3. The molecule has 1 rings (SSSR count). The number of thioether (sulfide) groups is 2. The summed E-state index contributed by atoms with van der Waals surface area (Å²) >= 11 is 8.77. The van der Waals surface area contributed by atoms with Crippen LogP contribution in [0.3, 0.4) is 0 Å². The largest absolute Gasteiger partial charge is 0.287 e. The third-order valence-electron chi connectivity index (χ3n) is 1.90. The molecule has 0 bridgehead atoms. The summed E-state index contributed by atoms with van der Waals surface area (Å²) in [4.78, 5) is 11.6. The lowest BCUT2D eigenvalue weighted by Gasteiger charge is -2.01. The Morgan fingerprint density at radius 1 is 1.12 bits per heavy atom.